The molecule has 3 aromatic rings. The van der Waals surface area contributed by atoms with Crippen molar-refractivity contribution in [1.82, 2.24) is 24.5 Å². The standard InChI is InChI=1S/C19H18F3N5O3S/c1-10(18(2,3)30)25-16(28)13-6-14(11-4-5-15(23-7-11)19(20,21)22)26-27(17(13)29)12-8-24-31-9-12/h4-10,30H,1-3H3,(H,25,28). The molecular weight excluding hydrogens is 435 g/mol. The van der Waals surface area contributed by atoms with Gasteiger partial charge in [-0.2, -0.15) is 27.3 Å². The fourth-order valence-corrected chi connectivity index (χ4v) is 2.94. The average Bonchev–Trinajstić information content (AvgIpc) is 3.21. The number of carbonyl (C=O) groups is 1. The number of aliphatic hydroxyl groups is 1. The minimum Gasteiger partial charge on any atom is -0.388 e. The van der Waals surface area contributed by atoms with Gasteiger partial charge in [-0.3, -0.25) is 14.6 Å². The molecule has 0 saturated heterocycles. The molecule has 0 aliphatic carbocycles. The van der Waals surface area contributed by atoms with Gasteiger partial charge >= 0.3 is 6.18 Å². The molecule has 0 saturated carbocycles. The van der Waals surface area contributed by atoms with Crippen LogP contribution < -0.4 is 10.9 Å². The number of amides is 1. The molecule has 8 nitrogen and oxygen atoms in total. The van der Waals surface area contributed by atoms with E-state index in [0.29, 0.717) is 5.69 Å². The molecule has 0 radical (unpaired) electrons. The average molecular weight is 453 g/mol. The lowest BCUT2D eigenvalue weighted by Gasteiger charge is -2.26. The molecule has 12 heteroatoms. The predicted octanol–water partition coefficient (Wildman–Crippen LogP) is 2.66. The van der Waals surface area contributed by atoms with Gasteiger partial charge in [-0.05, 0) is 50.5 Å². The van der Waals surface area contributed by atoms with Gasteiger partial charge in [-0.25, -0.2) is 0 Å². The molecule has 0 aliphatic rings. The zero-order chi connectivity index (χ0) is 23.0. The minimum atomic E-state index is -4.61. The largest absolute Gasteiger partial charge is 0.433 e. The summed E-state index contributed by atoms with van der Waals surface area (Å²) in [4.78, 5) is 29.1. The summed E-state index contributed by atoms with van der Waals surface area (Å²) in [7, 11) is 0. The molecule has 31 heavy (non-hydrogen) atoms. The van der Waals surface area contributed by atoms with E-state index < -0.39 is 35.0 Å². The molecule has 3 aromatic heterocycles. The predicted molar refractivity (Wildman–Crippen MR) is 107 cm³/mol. The topological polar surface area (TPSA) is 110 Å². The van der Waals surface area contributed by atoms with Crippen molar-refractivity contribution in [2.24, 2.45) is 0 Å². The van der Waals surface area contributed by atoms with E-state index in [1.807, 2.05) is 0 Å². The molecule has 1 atom stereocenters. The molecule has 3 heterocycles. The van der Waals surface area contributed by atoms with Crippen LogP contribution in [0.4, 0.5) is 13.2 Å². The quantitative estimate of drug-likeness (QED) is 0.615. The molecule has 1 unspecified atom stereocenters. The highest BCUT2D eigenvalue weighted by Gasteiger charge is 2.32. The zero-order valence-corrected chi connectivity index (χ0v) is 17.5. The maximum Gasteiger partial charge on any atom is 0.433 e. The second-order valence-electron chi connectivity index (χ2n) is 7.32. The van der Waals surface area contributed by atoms with Gasteiger partial charge < -0.3 is 10.4 Å². The van der Waals surface area contributed by atoms with Crippen molar-refractivity contribution in [2.45, 2.75) is 38.6 Å². The van der Waals surface area contributed by atoms with E-state index >= 15 is 0 Å². The Bertz CT molecular complexity index is 1140. The van der Waals surface area contributed by atoms with Crippen LogP contribution in [0.1, 0.15) is 36.8 Å². The molecule has 0 spiro atoms. The number of carbonyl (C=O) groups excluding carboxylic acids is 1. The summed E-state index contributed by atoms with van der Waals surface area (Å²) in [6.45, 7) is 4.57. The lowest BCUT2D eigenvalue weighted by atomic mass is 10.0. The van der Waals surface area contributed by atoms with E-state index in [0.717, 1.165) is 34.5 Å². The lowest BCUT2D eigenvalue weighted by molar-refractivity contribution is -0.141. The van der Waals surface area contributed by atoms with Crippen LogP contribution in [-0.2, 0) is 6.18 Å². The second kappa shape index (κ2) is 8.19. The van der Waals surface area contributed by atoms with Gasteiger partial charge in [0.2, 0.25) is 0 Å². The molecular formula is C19H18F3N5O3S. The Kier molecular flexibility index (Phi) is 5.96. The summed E-state index contributed by atoms with van der Waals surface area (Å²) < 4.78 is 43.3. The summed E-state index contributed by atoms with van der Waals surface area (Å²) >= 11 is 1.06. The number of pyridine rings is 1. The third kappa shape index (κ3) is 4.97. The number of nitrogens with zero attached hydrogens (tertiary/aromatic N) is 4. The molecule has 3 rings (SSSR count). The fourth-order valence-electron chi connectivity index (χ4n) is 2.44. The van der Waals surface area contributed by atoms with Gasteiger partial charge in [0, 0.05) is 17.1 Å². The van der Waals surface area contributed by atoms with Crippen molar-refractivity contribution in [2.75, 3.05) is 0 Å². The molecule has 0 aliphatic heterocycles. The van der Waals surface area contributed by atoms with Crippen LogP contribution in [0.5, 0.6) is 0 Å². The highest BCUT2D eigenvalue weighted by molar-refractivity contribution is 7.03. The van der Waals surface area contributed by atoms with E-state index in [1.54, 1.807) is 6.92 Å². The number of nitrogens with one attached hydrogen (secondary N) is 1. The van der Waals surface area contributed by atoms with Crippen molar-refractivity contribution in [1.29, 1.82) is 0 Å². The third-order valence-corrected chi connectivity index (χ3v) is 5.15. The number of aromatic nitrogens is 4. The zero-order valence-electron chi connectivity index (χ0n) is 16.6. The highest BCUT2D eigenvalue weighted by Crippen LogP contribution is 2.28. The van der Waals surface area contributed by atoms with Crippen LogP contribution in [0.15, 0.2) is 40.8 Å². The smallest absolute Gasteiger partial charge is 0.388 e. The second-order valence-corrected chi connectivity index (χ2v) is 7.98. The van der Waals surface area contributed by atoms with E-state index in [1.165, 1.54) is 31.5 Å². The molecule has 0 fully saturated rings. The Morgan fingerprint density at radius 1 is 1.26 bits per heavy atom. The van der Waals surface area contributed by atoms with Crippen LogP contribution in [0.3, 0.4) is 0 Å². The van der Waals surface area contributed by atoms with E-state index in [2.05, 4.69) is 19.8 Å². The van der Waals surface area contributed by atoms with Crippen LogP contribution in [0.25, 0.3) is 16.9 Å². The monoisotopic (exact) mass is 453 g/mol. The number of rotatable bonds is 5. The van der Waals surface area contributed by atoms with Crippen molar-refractivity contribution in [3.63, 3.8) is 0 Å². The maximum atomic E-state index is 12.9. The summed E-state index contributed by atoms with van der Waals surface area (Å²) in [6, 6.07) is 2.42. The minimum absolute atomic E-state index is 0.0630. The summed E-state index contributed by atoms with van der Waals surface area (Å²) in [5.41, 5.74) is -2.84. The molecule has 0 bridgehead atoms. The number of hydrogen-bond donors (Lipinski definition) is 2. The Hall–Kier alpha value is -3.12. The first-order valence-electron chi connectivity index (χ1n) is 8.99. The summed E-state index contributed by atoms with van der Waals surface area (Å²) in [6.07, 6.45) is -2.27. The van der Waals surface area contributed by atoms with Gasteiger partial charge in [0.05, 0.1) is 29.2 Å². The number of halogens is 3. The van der Waals surface area contributed by atoms with Gasteiger partial charge in [-0.15, -0.1) is 0 Å². The number of alkyl halides is 3. The van der Waals surface area contributed by atoms with Gasteiger partial charge in [0.1, 0.15) is 11.3 Å². The van der Waals surface area contributed by atoms with Crippen LogP contribution in [-0.4, -0.2) is 41.8 Å². The van der Waals surface area contributed by atoms with Gasteiger partial charge in [0.25, 0.3) is 11.5 Å². The first-order valence-corrected chi connectivity index (χ1v) is 9.82. The van der Waals surface area contributed by atoms with Crippen molar-refractivity contribution >= 4 is 17.4 Å². The highest BCUT2D eigenvalue weighted by atomic mass is 32.1. The van der Waals surface area contributed by atoms with Gasteiger partial charge in [0.15, 0.2) is 0 Å². The summed E-state index contributed by atoms with van der Waals surface area (Å²) in [5, 5.41) is 18.3. The van der Waals surface area contributed by atoms with Crippen LogP contribution in [0.2, 0.25) is 0 Å². The Balaban J connectivity index is 2.10. The van der Waals surface area contributed by atoms with Crippen molar-refractivity contribution < 1.29 is 23.1 Å². The Morgan fingerprint density at radius 2 is 1.97 bits per heavy atom. The first kappa shape index (κ1) is 22.6. The van der Waals surface area contributed by atoms with Crippen molar-refractivity contribution in [3.8, 4) is 16.9 Å². The normalized spacial score (nSPS) is 13.1. The lowest BCUT2D eigenvalue weighted by Crippen LogP contribution is -2.48. The summed E-state index contributed by atoms with van der Waals surface area (Å²) in [5.74, 6) is -0.764. The van der Waals surface area contributed by atoms with Crippen molar-refractivity contribution in [3.05, 3.63) is 57.6 Å². The van der Waals surface area contributed by atoms with E-state index in [4.69, 9.17) is 0 Å². The maximum absolute atomic E-state index is 12.9. The van der Waals surface area contributed by atoms with E-state index in [-0.39, 0.29) is 16.8 Å². The Morgan fingerprint density at radius 3 is 2.48 bits per heavy atom. The van der Waals surface area contributed by atoms with Gasteiger partial charge in [-0.1, -0.05) is 0 Å². The van der Waals surface area contributed by atoms with Crippen LogP contribution in [0, 0.1) is 0 Å². The third-order valence-electron chi connectivity index (χ3n) is 4.58. The molecule has 2 N–H and O–H groups in total. The van der Waals surface area contributed by atoms with E-state index in [9.17, 15) is 27.9 Å². The fraction of sp³-hybridized carbons (Fsp3) is 0.316. The molecule has 164 valence electrons. The number of hydrogen-bond acceptors (Lipinski definition) is 7. The van der Waals surface area contributed by atoms with Crippen LogP contribution >= 0.6 is 11.5 Å². The SMILES string of the molecule is CC(NC(=O)c1cc(-c2ccc(C(F)(F)F)nc2)nn(-c2cnsc2)c1=O)C(C)(C)O. The molecule has 0 aromatic carbocycles. The first-order chi connectivity index (χ1) is 14.4. The molecule has 1 amide bonds. The Labute approximate surface area is 178 Å².